The Kier molecular flexibility index (Phi) is 10.8. The summed E-state index contributed by atoms with van der Waals surface area (Å²) >= 11 is 0. The lowest BCUT2D eigenvalue weighted by molar-refractivity contribution is 0.106. The molecule has 0 fully saturated rings. The molecule has 0 aliphatic rings. The summed E-state index contributed by atoms with van der Waals surface area (Å²) in [6.45, 7) is 0.978. The van der Waals surface area contributed by atoms with Crippen molar-refractivity contribution in [1.82, 2.24) is 10.0 Å². The molecule has 1 atom stereocenters. The number of phenols is 1. The Bertz CT molecular complexity index is 1200. The summed E-state index contributed by atoms with van der Waals surface area (Å²) in [5.41, 5.74) is 2.70. The van der Waals surface area contributed by atoms with Crippen molar-refractivity contribution in [3.63, 3.8) is 0 Å². The molecule has 38 heavy (non-hydrogen) atoms. The van der Waals surface area contributed by atoms with Gasteiger partial charge in [0.25, 0.3) is 0 Å². The van der Waals surface area contributed by atoms with Crippen molar-refractivity contribution in [1.29, 1.82) is 0 Å². The largest absolute Gasteiger partial charge is 0.508 e. The minimum Gasteiger partial charge on any atom is -0.508 e. The zero-order valence-electron chi connectivity index (χ0n) is 21.9. The van der Waals surface area contributed by atoms with Crippen LogP contribution in [0.3, 0.4) is 0 Å². The van der Waals surface area contributed by atoms with Crippen LogP contribution >= 0.6 is 0 Å². The van der Waals surface area contributed by atoms with Crippen LogP contribution in [0.1, 0.15) is 29.0 Å². The molecule has 10 heteroatoms. The van der Waals surface area contributed by atoms with E-state index in [1.807, 2.05) is 24.3 Å². The molecule has 3 aromatic rings. The average Bonchev–Trinajstić information content (AvgIpc) is 2.91. The molecule has 9 nitrogen and oxygen atoms in total. The van der Waals surface area contributed by atoms with Crippen LogP contribution in [-0.2, 0) is 16.6 Å². The van der Waals surface area contributed by atoms with Crippen LogP contribution in [0.15, 0.2) is 66.7 Å². The fraction of sp³-hybridized carbons (Fsp3) is 0.357. The van der Waals surface area contributed by atoms with Gasteiger partial charge in [0, 0.05) is 24.6 Å². The van der Waals surface area contributed by atoms with E-state index in [2.05, 4.69) is 34.3 Å². The molecule has 0 spiro atoms. The SMILES string of the molecule is COc1ccc(C(CCNC[C@H](O)COc2ccc(O)c(CNS(C)(=O)=O)c2)c2ccc(OC)cc2)cc1. The van der Waals surface area contributed by atoms with Crippen molar-refractivity contribution >= 4 is 10.0 Å². The highest BCUT2D eigenvalue weighted by Gasteiger charge is 2.15. The van der Waals surface area contributed by atoms with Gasteiger partial charge >= 0.3 is 0 Å². The molecule has 3 aromatic carbocycles. The number of aliphatic hydroxyl groups is 1. The van der Waals surface area contributed by atoms with Crippen LogP contribution in [-0.4, -0.2) is 64.9 Å². The summed E-state index contributed by atoms with van der Waals surface area (Å²) in [5, 5.41) is 23.7. The molecular formula is C28H36N2O7S. The number of benzene rings is 3. The van der Waals surface area contributed by atoms with Gasteiger partial charge in [-0.1, -0.05) is 24.3 Å². The van der Waals surface area contributed by atoms with E-state index in [1.54, 1.807) is 26.4 Å². The standard InChI is InChI=1S/C28H36N2O7S/c1-35-24-8-4-20(5-9-24)27(21-6-10-25(36-2)11-7-21)14-15-29-18-23(31)19-37-26-12-13-28(32)22(16-26)17-30-38(3,33)34/h4-13,16,23,27,29-32H,14-15,17-19H2,1-3H3/t23-/m0/s1. The molecule has 0 saturated heterocycles. The predicted octanol–water partition coefficient (Wildman–Crippen LogP) is 3.01. The second kappa shape index (κ2) is 14.0. The number of methoxy groups -OCH3 is 2. The summed E-state index contributed by atoms with van der Waals surface area (Å²) in [6, 6.07) is 20.6. The first kappa shape index (κ1) is 29.2. The number of hydrogen-bond donors (Lipinski definition) is 4. The van der Waals surface area contributed by atoms with Gasteiger partial charge in [0.05, 0.1) is 20.5 Å². The Morgan fingerprint density at radius 1 is 0.868 bits per heavy atom. The van der Waals surface area contributed by atoms with Crippen LogP contribution < -0.4 is 24.2 Å². The Morgan fingerprint density at radius 2 is 1.42 bits per heavy atom. The minimum atomic E-state index is -3.40. The lowest BCUT2D eigenvalue weighted by atomic mass is 9.88. The van der Waals surface area contributed by atoms with Crippen LogP contribution in [0.5, 0.6) is 23.0 Å². The van der Waals surface area contributed by atoms with Gasteiger partial charge in [-0.05, 0) is 66.6 Å². The minimum absolute atomic E-state index is 0.0388. The highest BCUT2D eigenvalue weighted by atomic mass is 32.2. The average molecular weight is 545 g/mol. The molecule has 0 bridgehead atoms. The first-order valence-corrected chi connectivity index (χ1v) is 14.1. The van der Waals surface area contributed by atoms with Gasteiger partial charge in [0.1, 0.15) is 35.7 Å². The smallest absolute Gasteiger partial charge is 0.209 e. The van der Waals surface area contributed by atoms with E-state index < -0.39 is 16.1 Å². The summed E-state index contributed by atoms with van der Waals surface area (Å²) in [6.07, 6.45) is 1.09. The lowest BCUT2D eigenvalue weighted by Gasteiger charge is -2.20. The van der Waals surface area contributed by atoms with Crippen molar-refractivity contribution in [2.45, 2.75) is 25.0 Å². The number of aliphatic hydroxyl groups excluding tert-OH is 1. The number of sulfonamides is 1. The molecule has 0 aliphatic heterocycles. The monoisotopic (exact) mass is 544 g/mol. The normalized spacial score (nSPS) is 12.3. The fourth-order valence-electron chi connectivity index (χ4n) is 3.97. The van der Waals surface area contributed by atoms with Crippen molar-refractivity contribution in [3.05, 3.63) is 83.4 Å². The van der Waals surface area contributed by atoms with Gasteiger partial charge < -0.3 is 29.7 Å². The molecule has 0 radical (unpaired) electrons. The number of nitrogens with one attached hydrogen (secondary N) is 2. The van der Waals surface area contributed by atoms with Gasteiger partial charge in [0.2, 0.25) is 10.0 Å². The molecule has 0 unspecified atom stereocenters. The lowest BCUT2D eigenvalue weighted by Crippen LogP contribution is -2.32. The zero-order chi connectivity index (χ0) is 27.5. The van der Waals surface area contributed by atoms with E-state index in [4.69, 9.17) is 14.2 Å². The number of aromatic hydroxyl groups is 1. The van der Waals surface area contributed by atoms with Gasteiger partial charge in [0.15, 0.2) is 0 Å². The van der Waals surface area contributed by atoms with E-state index in [0.717, 1.165) is 35.3 Å². The molecular weight excluding hydrogens is 508 g/mol. The number of ether oxygens (including phenoxy) is 3. The van der Waals surface area contributed by atoms with Crippen LogP contribution in [0.25, 0.3) is 0 Å². The summed E-state index contributed by atoms with van der Waals surface area (Å²) < 4.78 is 41.2. The third-order valence-corrected chi connectivity index (χ3v) is 6.71. The first-order valence-electron chi connectivity index (χ1n) is 12.2. The Labute approximate surface area is 224 Å². The van der Waals surface area contributed by atoms with Crippen LogP contribution in [0.2, 0.25) is 0 Å². The van der Waals surface area contributed by atoms with Crippen molar-refractivity contribution < 1.29 is 32.8 Å². The Hall–Kier alpha value is -3.31. The van der Waals surface area contributed by atoms with E-state index in [0.29, 0.717) is 24.4 Å². The molecule has 3 rings (SSSR count). The highest BCUT2D eigenvalue weighted by Crippen LogP contribution is 2.30. The van der Waals surface area contributed by atoms with Crippen LogP contribution in [0.4, 0.5) is 0 Å². The van der Waals surface area contributed by atoms with Gasteiger partial charge in [-0.25, -0.2) is 13.1 Å². The zero-order valence-corrected chi connectivity index (χ0v) is 22.7. The Morgan fingerprint density at radius 3 is 1.95 bits per heavy atom. The third-order valence-electron chi connectivity index (χ3n) is 6.04. The van der Waals surface area contributed by atoms with Gasteiger partial charge in [-0.3, -0.25) is 0 Å². The molecule has 0 saturated carbocycles. The summed E-state index contributed by atoms with van der Waals surface area (Å²) in [7, 11) is -0.111. The number of rotatable bonds is 15. The summed E-state index contributed by atoms with van der Waals surface area (Å²) in [5.74, 6) is 2.13. The second-order valence-corrected chi connectivity index (χ2v) is 10.8. The third kappa shape index (κ3) is 9.21. The van der Waals surface area contributed by atoms with Gasteiger partial charge in [-0.15, -0.1) is 0 Å². The van der Waals surface area contributed by atoms with E-state index in [-0.39, 0.29) is 24.8 Å². The van der Waals surface area contributed by atoms with E-state index >= 15 is 0 Å². The van der Waals surface area contributed by atoms with E-state index in [9.17, 15) is 18.6 Å². The van der Waals surface area contributed by atoms with Crippen molar-refractivity contribution in [2.75, 3.05) is 40.2 Å². The number of phenolic OH excluding ortho intramolecular Hbond substituents is 1. The number of hydrogen-bond acceptors (Lipinski definition) is 8. The first-order chi connectivity index (χ1) is 18.2. The highest BCUT2D eigenvalue weighted by molar-refractivity contribution is 7.88. The quantitative estimate of drug-likeness (QED) is 0.215. The molecule has 0 aliphatic carbocycles. The molecule has 0 amide bonds. The van der Waals surface area contributed by atoms with Crippen LogP contribution in [0, 0.1) is 0 Å². The maximum absolute atomic E-state index is 11.3. The summed E-state index contributed by atoms with van der Waals surface area (Å²) in [4.78, 5) is 0. The fourth-order valence-corrected chi connectivity index (χ4v) is 4.38. The van der Waals surface area contributed by atoms with E-state index in [1.165, 1.54) is 6.07 Å². The Balaban J connectivity index is 1.52. The molecule has 4 N–H and O–H groups in total. The van der Waals surface area contributed by atoms with Gasteiger partial charge in [-0.2, -0.15) is 0 Å². The molecule has 0 aromatic heterocycles. The molecule has 206 valence electrons. The topological polar surface area (TPSA) is 126 Å². The second-order valence-electron chi connectivity index (χ2n) is 8.94. The van der Waals surface area contributed by atoms with Crippen molar-refractivity contribution in [3.8, 4) is 23.0 Å². The predicted molar refractivity (Wildman–Crippen MR) is 147 cm³/mol. The maximum atomic E-state index is 11.3. The maximum Gasteiger partial charge on any atom is 0.209 e. The van der Waals surface area contributed by atoms with Crippen molar-refractivity contribution in [2.24, 2.45) is 0 Å². The molecule has 0 heterocycles.